The predicted octanol–water partition coefficient (Wildman–Crippen LogP) is 2.04. The highest BCUT2D eigenvalue weighted by Gasteiger charge is 2.14. The summed E-state index contributed by atoms with van der Waals surface area (Å²) < 4.78 is 8.26. The van der Waals surface area contributed by atoms with Crippen LogP contribution >= 0.6 is 0 Å². The fraction of sp³-hybridized carbons (Fsp3) is 0.211. The first-order valence-electron chi connectivity index (χ1n) is 8.93. The molecular formula is C19H20N8O2. The van der Waals surface area contributed by atoms with Gasteiger partial charge in [0.2, 0.25) is 5.95 Å². The highest BCUT2D eigenvalue weighted by Crippen LogP contribution is 2.19. The van der Waals surface area contributed by atoms with E-state index in [2.05, 4.69) is 31.0 Å². The standard InChI is InChI=1S/C19H20N8O2/c1-12-8-17-21-19(22-18(28)16-10-26(2)25-23-16)24-27(17)11-15(12)20-9-13-4-6-14(29-3)7-5-13/h4-8,10-11,20H,9H2,1-3H3,(H,22,24,28). The Labute approximate surface area is 166 Å². The molecule has 0 aliphatic carbocycles. The van der Waals surface area contributed by atoms with Crippen molar-refractivity contribution in [2.24, 2.45) is 7.05 Å². The zero-order valence-corrected chi connectivity index (χ0v) is 16.2. The molecule has 3 heterocycles. The molecule has 0 bridgehead atoms. The molecular weight excluding hydrogens is 372 g/mol. The fourth-order valence-corrected chi connectivity index (χ4v) is 2.82. The summed E-state index contributed by atoms with van der Waals surface area (Å²) in [5.74, 6) is 0.612. The maximum absolute atomic E-state index is 12.2. The Balaban J connectivity index is 1.49. The van der Waals surface area contributed by atoms with Crippen LogP contribution in [0.25, 0.3) is 5.65 Å². The van der Waals surface area contributed by atoms with Crippen molar-refractivity contribution in [3.63, 3.8) is 0 Å². The number of hydrogen-bond acceptors (Lipinski definition) is 7. The van der Waals surface area contributed by atoms with Gasteiger partial charge in [-0.15, -0.1) is 10.2 Å². The maximum Gasteiger partial charge on any atom is 0.280 e. The summed E-state index contributed by atoms with van der Waals surface area (Å²) in [6, 6.07) is 9.78. The van der Waals surface area contributed by atoms with Crippen molar-refractivity contribution in [1.82, 2.24) is 29.6 Å². The van der Waals surface area contributed by atoms with E-state index in [0.29, 0.717) is 12.2 Å². The minimum Gasteiger partial charge on any atom is -0.497 e. The lowest BCUT2D eigenvalue weighted by Gasteiger charge is -2.10. The van der Waals surface area contributed by atoms with Gasteiger partial charge < -0.3 is 10.1 Å². The SMILES string of the molecule is COc1ccc(CNc2cn3nc(NC(=O)c4cn(C)nn4)nc3cc2C)cc1. The van der Waals surface area contributed by atoms with Crippen LogP contribution in [0.15, 0.2) is 42.7 Å². The number of amides is 1. The van der Waals surface area contributed by atoms with Crippen molar-refractivity contribution in [3.8, 4) is 5.75 Å². The Morgan fingerprint density at radius 3 is 2.69 bits per heavy atom. The van der Waals surface area contributed by atoms with E-state index in [0.717, 1.165) is 22.6 Å². The molecule has 0 atom stereocenters. The molecule has 0 spiro atoms. The topological polar surface area (TPSA) is 111 Å². The number of rotatable bonds is 6. The first-order valence-corrected chi connectivity index (χ1v) is 8.93. The lowest BCUT2D eigenvalue weighted by molar-refractivity contribution is 0.102. The molecule has 1 amide bonds. The van der Waals surface area contributed by atoms with E-state index < -0.39 is 5.91 Å². The molecule has 0 radical (unpaired) electrons. The number of benzene rings is 1. The first-order chi connectivity index (χ1) is 14.0. The molecule has 0 unspecified atom stereocenters. The first kappa shape index (κ1) is 18.4. The number of hydrogen-bond donors (Lipinski definition) is 2. The van der Waals surface area contributed by atoms with E-state index in [1.54, 1.807) is 18.7 Å². The molecule has 4 aromatic rings. The predicted molar refractivity (Wildman–Crippen MR) is 107 cm³/mol. The van der Waals surface area contributed by atoms with Crippen LogP contribution in [0.5, 0.6) is 5.75 Å². The summed E-state index contributed by atoms with van der Waals surface area (Å²) in [7, 11) is 3.34. The molecule has 10 heteroatoms. The minimum atomic E-state index is -0.413. The third-order valence-corrected chi connectivity index (χ3v) is 4.38. The normalized spacial score (nSPS) is 10.9. The van der Waals surface area contributed by atoms with Crippen molar-refractivity contribution in [1.29, 1.82) is 0 Å². The second kappa shape index (κ2) is 7.58. The van der Waals surface area contributed by atoms with Gasteiger partial charge >= 0.3 is 0 Å². The number of nitrogens with zero attached hydrogens (tertiary/aromatic N) is 6. The van der Waals surface area contributed by atoms with Crippen LogP contribution in [-0.4, -0.2) is 42.6 Å². The Hall–Kier alpha value is -3.95. The molecule has 3 aromatic heterocycles. The van der Waals surface area contributed by atoms with E-state index in [1.165, 1.54) is 10.9 Å². The summed E-state index contributed by atoms with van der Waals surface area (Å²) in [5, 5.41) is 17.9. The van der Waals surface area contributed by atoms with Gasteiger partial charge in [0, 0.05) is 13.6 Å². The smallest absolute Gasteiger partial charge is 0.280 e. The van der Waals surface area contributed by atoms with Crippen LogP contribution in [0.3, 0.4) is 0 Å². The summed E-state index contributed by atoms with van der Waals surface area (Å²) in [6.07, 6.45) is 3.37. The van der Waals surface area contributed by atoms with Crippen molar-refractivity contribution in [2.75, 3.05) is 17.7 Å². The Bertz CT molecular complexity index is 1160. The summed E-state index contributed by atoms with van der Waals surface area (Å²) in [5.41, 5.74) is 3.90. The molecule has 1 aromatic carbocycles. The van der Waals surface area contributed by atoms with E-state index >= 15 is 0 Å². The monoisotopic (exact) mass is 392 g/mol. The van der Waals surface area contributed by atoms with Gasteiger partial charge in [-0.1, -0.05) is 17.3 Å². The number of fused-ring (bicyclic) bond motifs is 1. The number of pyridine rings is 1. The largest absolute Gasteiger partial charge is 0.497 e. The lowest BCUT2D eigenvalue weighted by atomic mass is 10.2. The van der Waals surface area contributed by atoms with Crippen molar-refractivity contribution >= 4 is 23.2 Å². The Morgan fingerprint density at radius 2 is 2.00 bits per heavy atom. The van der Waals surface area contributed by atoms with E-state index in [4.69, 9.17) is 4.74 Å². The number of aromatic nitrogens is 6. The molecule has 0 saturated heterocycles. The van der Waals surface area contributed by atoms with Gasteiger partial charge in [0.15, 0.2) is 11.3 Å². The molecule has 148 valence electrons. The summed E-state index contributed by atoms with van der Waals surface area (Å²) in [4.78, 5) is 16.6. The molecule has 2 N–H and O–H groups in total. The van der Waals surface area contributed by atoms with E-state index in [9.17, 15) is 4.79 Å². The maximum atomic E-state index is 12.2. The van der Waals surface area contributed by atoms with Crippen LogP contribution in [0.4, 0.5) is 11.6 Å². The molecule has 0 fully saturated rings. The quantitative estimate of drug-likeness (QED) is 0.516. The number of carbonyl (C=O) groups excluding carboxylic acids is 1. The summed E-state index contributed by atoms with van der Waals surface area (Å²) >= 11 is 0. The van der Waals surface area contributed by atoms with Crippen molar-refractivity contribution < 1.29 is 9.53 Å². The molecule has 29 heavy (non-hydrogen) atoms. The van der Waals surface area contributed by atoms with Crippen molar-refractivity contribution in [2.45, 2.75) is 13.5 Å². The average Bonchev–Trinajstić information content (AvgIpc) is 3.32. The number of ether oxygens (including phenoxy) is 1. The van der Waals surface area contributed by atoms with Gasteiger partial charge in [-0.25, -0.2) is 4.52 Å². The Morgan fingerprint density at radius 1 is 1.21 bits per heavy atom. The van der Waals surface area contributed by atoms with Gasteiger partial charge in [0.05, 0.1) is 25.2 Å². The number of aryl methyl sites for hydroxylation is 2. The number of anilines is 2. The highest BCUT2D eigenvalue weighted by atomic mass is 16.5. The third kappa shape index (κ3) is 4.00. The van der Waals surface area contributed by atoms with Crippen LogP contribution < -0.4 is 15.4 Å². The molecule has 4 rings (SSSR count). The Kier molecular flexibility index (Phi) is 4.82. The zero-order valence-electron chi connectivity index (χ0n) is 16.2. The molecule has 0 aliphatic rings. The van der Waals surface area contributed by atoms with Gasteiger partial charge in [-0.2, -0.15) is 4.98 Å². The van der Waals surface area contributed by atoms with Gasteiger partial charge in [-0.05, 0) is 36.2 Å². The van der Waals surface area contributed by atoms with Crippen LogP contribution in [0, 0.1) is 6.92 Å². The second-order valence-electron chi connectivity index (χ2n) is 6.54. The zero-order chi connectivity index (χ0) is 20.4. The fourth-order valence-electron chi connectivity index (χ4n) is 2.82. The van der Waals surface area contributed by atoms with E-state index in [1.807, 2.05) is 43.5 Å². The van der Waals surface area contributed by atoms with Crippen LogP contribution in [0.1, 0.15) is 21.6 Å². The van der Waals surface area contributed by atoms with E-state index in [-0.39, 0.29) is 11.6 Å². The van der Waals surface area contributed by atoms with Crippen LogP contribution in [0.2, 0.25) is 0 Å². The molecule has 0 saturated carbocycles. The minimum absolute atomic E-state index is 0.199. The number of carbonyl (C=O) groups is 1. The van der Waals surface area contributed by atoms with Gasteiger partial charge in [0.25, 0.3) is 5.91 Å². The lowest BCUT2D eigenvalue weighted by Crippen LogP contribution is -2.13. The molecule has 10 nitrogen and oxygen atoms in total. The second-order valence-corrected chi connectivity index (χ2v) is 6.54. The molecule has 0 aliphatic heterocycles. The van der Waals surface area contributed by atoms with Gasteiger partial charge in [-0.3, -0.25) is 14.8 Å². The average molecular weight is 392 g/mol. The number of nitrogens with one attached hydrogen (secondary N) is 2. The van der Waals surface area contributed by atoms with Gasteiger partial charge in [0.1, 0.15) is 5.75 Å². The van der Waals surface area contributed by atoms with Crippen LogP contribution in [-0.2, 0) is 13.6 Å². The van der Waals surface area contributed by atoms with Crippen molar-refractivity contribution in [3.05, 3.63) is 59.5 Å². The third-order valence-electron chi connectivity index (χ3n) is 4.38. The summed E-state index contributed by atoms with van der Waals surface area (Å²) in [6.45, 7) is 2.64. The highest BCUT2D eigenvalue weighted by molar-refractivity contribution is 6.01. The number of methoxy groups -OCH3 is 1.